The van der Waals surface area contributed by atoms with Crippen LogP contribution in [0.2, 0.25) is 10.0 Å². The maximum absolute atomic E-state index is 13.1. The lowest BCUT2D eigenvalue weighted by Crippen LogP contribution is -2.34. The van der Waals surface area contributed by atoms with Crippen LogP contribution in [0.15, 0.2) is 59.7 Å². The molecule has 252 valence electrons. The molecule has 0 spiro atoms. The van der Waals surface area contributed by atoms with Gasteiger partial charge >= 0.3 is 11.9 Å². The standard InChI is InChI=1S/2C15H17ClFNO4S/c2*1-2-22-15(19)11-5-3-4-6-14(11)23(20,21)18-13-8-7-10(17)9-12(13)16/h2*5,7-9,14,18H,2-4,6H2,1H3/t2*14-/m10/s1. The molecule has 10 nitrogen and oxygen atoms in total. The van der Waals surface area contributed by atoms with Crippen LogP contribution in [-0.2, 0) is 39.1 Å². The molecule has 2 aromatic carbocycles. The van der Waals surface area contributed by atoms with Gasteiger partial charge in [0.2, 0.25) is 20.0 Å². The summed E-state index contributed by atoms with van der Waals surface area (Å²) in [6.07, 6.45) is 6.33. The van der Waals surface area contributed by atoms with E-state index in [1.807, 2.05) is 0 Å². The summed E-state index contributed by atoms with van der Waals surface area (Å²) >= 11 is 11.7. The molecule has 0 fully saturated rings. The summed E-state index contributed by atoms with van der Waals surface area (Å²) in [5, 5.41) is -2.13. The van der Waals surface area contributed by atoms with E-state index in [1.165, 1.54) is 12.1 Å². The monoisotopic (exact) mass is 722 g/mol. The first-order chi connectivity index (χ1) is 21.7. The number of ether oxygens (including phenoxy) is 2. The van der Waals surface area contributed by atoms with E-state index >= 15 is 0 Å². The highest BCUT2D eigenvalue weighted by molar-refractivity contribution is 7.93. The van der Waals surface area contributed by atoms with Crippen molar-refractivity contribution in [2.24, 2.45) is 0 Å². The van der Waals surface area contributed by atoms with E-state index < -0.39 is 54.1 Å². The highest BCUT2D eigenvalue weighted by atomic mass is 35.5. The van der Waals surface area contributed by atoms with Crippen molar-refractivity contribution in [1.82, 2.24) is 0 Å². The quantitative estimate of drug-likeness (QED) is 0.264. The Hall–Kier alpha value is -3.20. The van der Waals surface area contributed by atoms with E-state index in [0.717, 1.165) is 24.3 Å². The Morgan fingerprint density at radius 3 is 1.43 bits per heavy atom. The molecule has 16 heteroatoms. The SMILES string of the molecule is CCOC(=O)C1=CCCC[C@@H]1S(=O)(=O)Nc1ccc(F)cc1Cl.CCOC(=O)C1=CCCC[C@H]1S(=O)(=O)Nc1ccc(F)cc1Cl. The van der Waals surface area contributed by atoms with Crippen molar-refractivity contribution in [3.63, 3.8) is 0 Å². The molecule has 0 saturated heterocycles. The van der Waals surface area contributed by atoms with E-state index in [-0.39, 0.29) is 45.8 Å². The Morgan fingerprint density at radius 1 is 0.739 bits per heavy atom. The zero-order valence-electron chi connectivity index (χ0n) is 25.0. The summed E-state index contributed by atoms with van der Waals surface area (Å²) in [6, 6.07) is 6.72. The average Bonchev–Trinajstić information content (AvgIpc) is 3.00. The van der Waals surface area contributed by atoms with Crippen LogP contribution < -0.4 is 9.44 Å². The van der Waals surface area contributed by atoms with Gasteiger partial charge in [0.1, 0.15) is 22.1 Å². The van der Waals surface area contributed by atoms with Crippen molar-refractivity contribution in [1.29, 1.82) is 0 Å². The molecule has 0 aliphatic heterocycles. The van der Waals surface area contributed by atoms with Crippen molar-refractivity contribution in [3.05, 3.63) is 81.4 Å². The third kappa shape index (κ3) is 9.90. The van der Waals surface area contributed by atoms with E-state index in [0.29, 0.717) is 38.5 Å². The van der Waals surface area contributed by atoms with Gasteiger partial charge < -0.3 is 9.47 Å². The Bertz CT molecular complexity index is 1590. The molecule has 0 radical (unpaired) electrons. The molecule has 0 heterocycles. The topological polar surface area (TPSA) is 145 Å². The molecule has 2 atom stereocenters. The van der Waals surface area contributed by atoms with Crippen LogP contribution in [0.25, 0.3) is 0 Å². The minimum absolute atomic E-state index is 0.0500. The molecule has 0 amide bonds. The van der Waals surface area contributed by atoms with Crippen LogP contribution in [0.3, 0.4) is 0 Å². The second-order valence-corrected chi connectivity index (χ2v) is 14.7. The van der Waals surface area contributed by atoms with Gasteiger partial charge in [-0.1, -0.05) is 35.4 Å². The van der Waals surface area contributed by atoms with E-state index in [1.54, 1.807) is 26.0 Å². The number of esters is 2. The number of anilines is 2. The molecule has 46 heavy (non-hydrogen) atoms. The number of hydrogen-bond acceptors (Lipinski definition) is 8. The smallest absolute Gasteiger partial charge is 0.335 e. The number of nitrogens with one attached hydrogen (secondary N) is 2. The second-order valence-electron chi connectivity index (χ2n) is 10.1. The highest BCUT2D eigenvalue weighted by Crippen LogP contribution is 2.31. The predicted molar refractivity (Wildman–Crippen MR) is 173 cm³/mol. The van der Waals surface area contributed by atoms with E-state index in [9.17, 15) is 35.2 Å². The maximum atomic E-state index is 13.1. The van der Waals surface area contributed by atoms with Crippen LogP contribution in [-0.4, -0.2) is 52.5 Å². The molecule has 2 aliphatic carbocycles. The van der Waals surface area contributed by atoms with Crippen LogP contribution in [0.1, 0.15) is 52.4 Å². The molecule has 2 N–H and O–H groups in total. The van der Waals surface area contributed by atoms with Gasteiger partial charge in [-0.15, -0.1) is 0 Å². The lowest BCUT2D eigenvalue weighted by Gasteiger charge is -2.24. The van der Waals surface area contributed by atoms with Crippen molar-refractivity contribution >= 4 is 66.6 Å². The Morgan fingerprint density at radius 2 is 1.11 bits per heavy atom. The third-order valence-electron chi connectivity index (χ3n) is 6.90. The number of benzene rings is 2. The molecular weight excluding hydrogens is 689 g/mol. The van der Waals surface area contributed by atoms with Gasteiger partial charge in [0, 0.05) is 0 Å². The number of rotatable bonds is 10. The van der Waals surface area contributed by atoms with Crippen LogP contribution in [0.4, 0.5) is 20.2 Å². The molecule has 0 aromatic heterocycles. The third-order valence-corrected chi connectivity index (χ3v) is 11.0. The number of halogens is 4. The van der Waals surface area contributed by atoms with E-state index in [2.05, 4.69) is 9.44 Å². The molecule has 0 unspecified atom stereocenters. The lowest BCUT2D eigenvalue weighted by molar-refractivity contribution is -0.139. The second kappa shape index (κ2) is 16.6. The van der Waals surface area contributed by atoms with Crippen molar-refractivity contribution in [2.75, 3.05) is 22.7 Å². The Balaban J connectivity index is 0.000000250. The van der Waals surface area contributed by atoms with Gasteiger partial charge in [0.15, 0.2) is 0 Å². The fourth-order valence-electron chi connectivity index (χ4n) is 4.79. The minimum atomic E-state index is -3.91. The summed E-state index contributed by atoms with van der Waals surface area (Å²) in [7, 11) is -7.82. The number of allylic oxidation sites excluding steroid dienone is 2. The lowest BCUT2D eigenvalue weighted by atomic mass is 9.99. The fraction of sp³-hybridized carbons (Fsp3) is 0.400. The molecular formula is C30H34Cl2F2N2O8S2. The fourth-order valence-corrected chi connectivity index (χ4v) is 8.59. The maximum Gasteiger partial charge on any atom is 0.335 e. The first-order valence-corrected chi connectivity index (χ1v) is 18.2. The van der Waals surface area contributed by atoms with Crippen LogP contribution in [0, 0.1) is 11.6 Å². The summed E-state index contributed by atoms with van der Waals surface area (Å²) in [4.78, 5) is 23.9. The molecule has 0 bridgehead atoms. The van der Waals surface area contributed by atoms with Gasteiger partial charge in [-0.2, -0.15) is 0 Å². The van der Waals surface area contributed by atoms with Gasteiger partial charge in [-0.3, -0.25) is 9.44 Å². The Labute approximate surface area is 277 Å². The average molecular weight is 724 g/mol. The predicted octanol–water partition coefficient (Wildman–Crippen LogP) is 6.53. The van der Waals surface area contributed by atoms with Gasteiger partial charge in [-0.05, 0) is 88.8 Å². The van der Waals surface area contributed by atoms with Crippen LogP contribution in [0.5, 0.6) is 0 Å². The minimum Gasteiger partial charge on any atom is -0.463 e. The van der Waals surface area contributed by atoms with Gasteiger partial charge in [0.25, 0.3) is 0 Å². The van der Waals surface area contributed by atoms with Gasteiger partial charge in [0.05, 0.1) is 45.8 Å². The van der Waals surface area contributed by atoms with Gasteiger partial charge in [-0.25, -0.2) is 35.2 Å². The summed E-state index contributed by atoms with van der Waals surface area (Å²) in [5.74, 6) is -2.40. The van der Waals surface area contributed by atoms with Crippen LogP contribution >= 0.6 is 23.2 Å². The highest BCUT2D eigenvalue weighted by Gasteiger charge is 2.36. The molecule has 2 aromatic rings. The number of hydrogen-bond donors (Lipinski definition) is 2. The first kappa shape index (κ1) is 37.3. The number of sulfonamides is 2. The Kier molecular flexibility index (Phi) is 13.4. The van der Waals surface area contributed by atoms with Crippen molar-refractivity contribution < 1.29 is 44.7 Å². The van der Waals surface area contributed by atoms with Crippen molar-refractivity contribution in [2.45, 2.75) is 62.9 Å². The molecule has 4 rings (SSSR count). The van der Waals surface area contributed by atoms with Crippen molar-refractivity contribution in [3.8, 4) is 0 Å². The normalized spacial score (nSPS) is 18.2. The molecule has 0 saturated carbocycles. The largest absolute Gasteiger partial charge is 0.463 e. The number of carbonyl (C=O) groups is 2. The summed E-state index contributed by atoms with van der Waals surface area (Å²) in [6.45, 7) is 3.64. The number of carbonyl (C=O) groups excluding carboxylic acids is 2. The first-order valence-electron chi connectivity index (χ1n) is 14.4. The summed E-state index contributed by atoms with van der Waals surface area (Å²) < 4.78 is 91.0. The van der Waals surface area contributed by atoms with E-state index in [4.69, 9.17) is 32.7 Å². The zero-order chi connectivity index (χ0) is 34.1. The summed E-state index contributed by atoms with van der Waals surface area (Å²) in [5.41, 5.74) is 0.399. The molecule has 2 aliphatic rings. The zero-order valence-corrected chi connectivity index (χ0v) is 28.2.